The van der Waals surface area contributed by atoms with Crippen molar-refractivity contribution in [3.05, 3.63) is 52.9 Å². The van der Waals surface area contributed by atoms with Crippen molar-refractivity contribution >= 4 is 21.4 Å². The molecule has 3 aromatic heterocycles. The Balaban J connectivity index is 2.37. The zero-order chi connectivity index (χ0) is 12.5. The molecule has 0 fully saturated rings. The predicted molar refractivity (Wildman–Crippen MR) is 70.8 cm³/mol. The van der Waals surface area contributed by atoms with Crippen molar-refractivity contribution in [1.82, 2.24) is 14.4 Å². The maximum absolute atomic E-state index is 9.11. The number of hydrogen-bond donors (Lipinski definition) is 0. The first kappa shape index (κ1) is 10.9. The lowest BCUT2D eigenvalue weighted by Crippen LogP contribution is -1.91. The van der Waals surface area contributed by atoms with Gasteiger partial charge in [-0.1, -0.05) is 6.07 Å². The maximum atomic E-state index is 9.11. The first-order chi connectivity index (χ1) is 8.79. The Morgan fingerprint density at radius 3 is 2.83 bits per heavy atom. The minimum absolute atomic E-state index is 0.406. The Kier molecular flexibility index (Phi) is 2.58. The molecule has 0 unspecified atom stereocenters. The molecule has 0 spiro atoms. The van der Waals surface area contributed by atoms with Gasteiger partial charge in [0.1, 0.15) is 11.8 Å². The van der Waals surface area contributed by atoms with Crippen LogP contribution in [0.25, 0.3) is 17.0 Å². The van der Waals surface area contributed by atoms with Gasteiger partial charge in [-0.05, 0) is 40.2 Å². The summed E-state index contributed by atoms with van der Waals surface area (Å²) in [6.45, 7) is 0. The number of nitriles is 1. The van der Waals surface area contributed by atoms with Crippen molar-refractivity contribution in [3.8, 4) is 17.6 Å². The monoisotopic (exact) mass is 298 g/mol. The Labute approximate surface area is 112 Å². The second-order valence-corrected chi connectivity index (χ2v) is 4.63. The van der Waals surface area contributed by atoms with Crippen LogP contribution in [-0.2, 0) is 0 Å². The molecule has 0 aliphatic rings. The Morgan fingerprint density at radius 1 is 1.22 bits per heavy atom. The third kappa shape index (κ3) is 1.67. The number of rotatable bonds is 1. The highest BCUT2D eigenvalue weighted by Gasteiger charge is 2.12. The van der Waals surface area contributed by atoms with E-state index in [2.05, 4.69) is 32.0 Å². The number of halogens is 1. The molecule has 0 bridgehead atoms. The first-order valence-corrected chi connectivity index (χ1v) is 6.08. The SMILES string of the molecule is N#Cc1nc(-c2ccccn2)n2cc(Br)ccc12. The Bertz CT molecular complexity index is 756. The van der Waals surface area contributed by atoms with Crippen LogP contribution in [0.5, 0.6) is 0 Å². The molecular weight excluding hydrogens is 292 g/mol. The van der Waals surface area contributed by atoms with Crippen LogP contribution in [0, 0.1) is 11.3 Å². The highest BCUT2D eigenvalue weighted by molar-refractivity contribution is 9.10. The molecule has 0 amide bonds. The molecule has 0 aromatic carbocycles. The van der Waals surface area contributed by atoms with E-state index in [1.165, 1.54) is 0 Å². The van der Waals surface area contributed by atoms with E-state index in [1.807, 2.05) is 40.9 Å². The fourth-order valence-electron chi connectivity index (χ4n) is 1.82. The topological polar surface area (TPSA) is 54.0 Å². The zero-order valence-corrected chi connectivity index (χ0v) is 10.8. The normalized spacial score (nSPS) is 10.4. The van der Waals surface area contributed by atoms with Gasteiger partial charge in [-0.15, -0.1) is 0 Å². The van der Waals surface area contributed by atoms with Crippen LogP contribution in [0.3, 0.4) is 0 Å². The molecule has 86 valence electrons. The lowest BCUT2D eigenvalue weighted by atomic mass is 10.3. The Hall–Kier alpha value is -2.19. The number of imidazole rings is 1. The summed E-state index contributed by atoms with van der Waals surface area (Å²) in [4.78, 5) is 8.61. The molecule has 0 aliphatic carbocycles. The summed E-state index contributed by atoms with van der Waals surface area (Å²) < 4.78 is 2.79. The minimum Gasteiger partial charge on any atom is -0.296 e. The molecule has 0 radical (unpaired) electrons. The van der Waals surface area contributed by atoms with Crippen LogP contribution in [0.2, 0.25) is 0 Å². The van der Waals surface area contributed by atoms with Crippen LogP contribution in [-0.4, -0.2) is 14.4 Å². The molecule has 0 saturated carbocycles. The lowest BCUT2D eigenvalue weighted by molar-refractivity contribution is 1.12. The molecule has 0 N–H and O–H groups in total. The molecule has 0 aliphatic heterocycles. The first-order valence-electron chi connectivity index (χ1n) is 5.29. The number of aromatic nitrogens is 3. The van der Waals surface area contributed by atoms with Crippen LogP contribution >= 0.6 is 15.9 Å². The van der Waals surface area contributed by atoms with Gasteiger partial charge in [0.2, 0.25) is 0 Å². The number of hydrogen-bond acceptors (Lipinski definition) is 3. The Morgan fingerprint density at radius 2 is 2.11 bits per heavy atom. The van der Waals surface area contributed by atoms with Crippen molar-refractivity contribution in [2.75, 3.05) is 0 Å². The van der Waals surface area contributed by atoms with Crippen molar-refractivity contribution in [2.45, 2.75) is 0 Å². The highest BCUT2D eigenvalue weighted by Crippen LogP contribution is 2.23. The van der Waals surface area contributed by atoms with Gasteiger partial charge in [-0.25, -0.2) is 4.98 Å². The van der Waals surface area contributed by atoms with Crippen molar-refractivity contribution < 1.29 is 0 Å². The van der Waals surface area contributed by atoms with Crippen LogP contribution in [0.15, 0.2) is 47.2 Å². The van der Waals surface area contributed by atoms with Crippen molar-refractivity contribution in [3.63, 3.8) is 0 Å². The van der Waals surface area contributed by atoms with Gasteiger partial charge in [0, 0.05) is 16.9 Å². The summed E-state index contributed by atoms with van der Waals surface area (Å²) >= 11 is 3.42. The smallest absolute Gasteiger partial charge is 0.167 e. The molecule has 0 atom stereocenters. The summed E-state index contributed by atoms with van der Waals surface area (Å²) in [5.41, 5.74) is 1.93. The van der Waals surface area contributed by atoms with E-state index in [4.69, 9.17) is 5.26 Å². The second kappa shape index (κ2) is 4.24. The fraction of sp³-hybridized carbons (Fsp3) is 0. The molecule has 4 nitrogen and oxygen atoms in total. The number of nitrogens with zero attached hydrogens (tertiary/aromatic N) is 4. The highest BCUT2D eigenvalue weighted by atomic mass is 79.9. The molecule has 0 saturated heterocycles. The lowest BCUT2D eigenvalue weighted by Gasteiger charge is -2.00. The zero-order valence-electron chi connectivity index (χ0n) is 9.21. The third-order valence-corrected chi connectivity index (χ3v) is 3.07. The van der Waals surface area contributed by atoms with E-state index in [0.717, 1.165) is 15.7 Å². The molecule has 5 heteroatoms. The quantitative estimate of drug-likeness (QED) is 0.694. The van der Waals surface area contributed by atoms with Gasteiger partial charge in [0.15, 0.2) is 11.5 Å². The van der Waals surface area contributed by atoms with Crippen molar-refractivity contribution in [2.24, 2.45) is 0 Å². The van der Waals surface area contributed by atoms with Gasteiger partial charge in [-0.2, -0.15) is 5.26 Å². The van der Waals surface area contributed by atoms with E-state index in [-0.39, 0.29) is 0 Å². The summed E-state index contributed by atoms with van der Waals surface area (Å²) in [6.07, 6.45) is 3.59. The average molecular weight is 299 g/mol. The number of pyridine rings is 2. The average Bonchev–Trinajstić information content (AvgIpc) is 2.77. The largest absolute Gasteiger partial charge is 0.296 e. The van der Waals surface area contributed by atoms with E-state index in [1.54, 1.807) is 6.20 Å². The summed E-state index contributed by atoms with van der Waals surface area (Å²) in [5, 5.41) is 9.11. The van der Waals surface area contributed by atoms with E-state index >= 15 is 0 Å². The predicted octanol–water partition coefficient (Wildman–Crippen LogP) is 3.03. The molecular formula is C13H7BrN4. The summed E-state index contributed by atoms with van der Waals surface area (Å²) in [7, 11) is 0. The molecule has 3 aromatic rings. The molecule has 18 heavy (non-hydrogen) atoms. The van der Waals surface area contributed by atoms with E-state index in [0.29, 0.717) is 11.5 Å². The third-order valence-electron chi connectivity index (χ3n) is 2.60. The van der Waals surface area contributed by atoms with Crippen molar-refractivity contribution in [1.29, 1.82) is 5.26 Å². The van der Waals surface area contributed by atoms with E-state index in [9.17, 15) is 0 Å². The fourth-order valence-corrected chi connectivity index (χ4v) is 2.15. The van der Waals surface area contributed by atoms with Gasteiger partial charge < -0.3 is 0 Å². The number of fused-ring (bicyclic) bond motifs is 1. The summed E-state index contributed by atoms with van der Waals surface area (Å²) in [5.74, 6) is 0.670. The van der Waals surface area contributed by atoms with Gasteiger partial charge in [0.05, 0.1) is 5.52 Å². The second-order valence-electron chi connectivity index (χ2n) is 3.71. The minimum atomic E-state index is 0.406. The van der Waals surface area contributed by atoms with Gasteiger partial charge in [0.25, 0.3) is 0 Å². The van der Waals surface area contributed by atoms with Crippen LogP contribution in [0.1, 0.15) is 5.69 Å². The van der Waals surface area contributed by atoms with Gasteiger partial charge in [-0.3, -0.25) is 9.38 Å². The molecule has 3 rings (SSSR count). The maximum Gasteiger partial charge on any atom is 0.167 e. The molecule has 3 heterocycles. The van der Waals surface area contributed by atoms with Gasteiger partial charge >= 0.3 is 0 Å². The van der Waals surface area contributed by atoms with E-state index < -0.39 is 0 Å². The van der Waals surface area contributed by atoms with Crippen LogP contribution < -0.4 is 0 Å². The summed E-state index contributed by atoms with van der Waals surface area (Å²) in [6, 6.07) is 11.5. The van der Waals surface area contributed by atoms with Crippen LogP contribution in [0.4, 0.5) is 0 Å². The standard InChI is InChI=1S/C13H7BrN4/c14-9-4-5-12-11(7-15)17-13(18(12)8-9)10-3-1-2-6-16-10/h1-6,8H.